The number of benzene rings is 2. The quantitative estimate of drug-likeness (QED) is 0.800. The SMILES string of the molecule is NCCOc1cccc(CC(=O)N2CCC(Cc3ccc(O)cc3)C2)c1. The molecular formula is C21H26N2O3. The van der Waals surface area contributed by atoms with Crippen LogP contribution in [-0.4, -0.2) is 42.2 Å². The van der Waals surface area contributed by atoms with Crippen molar-refractivity contribution in [1.82, 2.24) is 4.90 Å². The Morgan fingerprint density at radius 3 is 2.77 bits per heavy atom. The van der Waals surface area contributed by atoms with Gasteiger partial charge in [0.25, 0.3) is 0 Å². The van der Waals surface area contributed by atoms with Crippen molar-refractivity contribution in [1.29, 1.82) is 0 Å². The fourth-order valence-corrected chi connectivity index (χ4v) is 3.40. The van der Waals surface area contributed by atoms with Crippen molar-refractivity contribution in [3.8, 4) is 11.5 Å². The lowest BCUT2D eigenvalue weighted by Crippen LogP contribution is -2.30. The summed E-state index contributed by atoms with van der Waals surface area (Å²) in [5, 5.41) is 9.37. The van der Waals surface area contributed by atoms with Gasteiger partial charge < -0.3 is 20.5 Å². The first-order valence-electron chi connectivity index (χ1n) is 9.11. The second-order valence-electron chi connectivity index (χ2n) is 6.83. The predicted octanol–water partition coefficient (Wildman–Crippen LogP) is 2.36. The van der Waals surface area contributed by atoms with Crippen LogP contribution in [0.5, 0.6) is 11.5 Å². The van der Waals surface area contributed by atoms with Gasteiger partial charge in [0, 0.05) is 19.6 Å². The van der Waals surface area contributed by atoms with Gasteiger partial charge in [0.1, 0.15) is 18.1 Å². The highest BCUT2D eigenvalue weighted by atomic mass is 16.5. The Morgan fingerprint density at radius 2 is 2.00 bits per heavy atom. The van der Waals surface area contributed by atoms with Gasteiger partial charge in [0.05, 0.1) is 6.42 Å². The molecular weight excluding hydrogens is 328 g/mol. The Bertz CT molecular complexity index is 730. The molecule has 0 radical (unpaired) electrons. The van der Waals surface area contributed by atoms with Gasteiger partial charge in [0.2, 0.25) is 5.91 Å². The van der Waals surface area contributed by atoms with Gasteiger partial charge in [-0.05, 0) is 54.2 Å². The highest BCUT2D eigenvalue weighted by molar-refractivity contribution is 5.79. The molecule has 1 aliphatic heterocycles. The average molecular weight is 354 g/mol. The van der Waals surface area contributed by atoms with Gasteiger partial charge >= 0.3 is 0 Å². The third-order valence-electron chi connectivity index (χ3n) is 4.74. The molecule has 3 N–H and O–H groups in total. The number of carbonyl (C=O) groups excluding carboxylic acids is 1. The first-order valence-corrected chi connectivity index (χ1v) is 9.11. The van der Waals surface area contributed by atoms with E-state index >= 15 is 0 Å². The summed E-state index contributed by atoms with van der Waals surface area (Å²) < 4.78 is 5.53. The second kappa shape index (κ2) is 8.72. The highest BCUT2D eigenvalue weighted by Crippen LogP contribution is 2.23. The smallest absolute Gasteiger partial charge is 0.227 e. The number of hydrogen-bond donors (Lipinski definition) is 2. The number of likely N-dealkylation sites (tertiary alicyclic amines) is 1. The van der Waals surface area contributed by atoms with Crippen LogP contribution in [0, 0.1) is 5.92 Å². The van der Waals surface area contributed by atoms with E-state index in [9.17, 15) is 9.90 Å². The van der Waals surface area contributed by atoms with Crippen LogP contribution in [0.1, 0.15) is 17.5 Å². The number of ether oxygens (including phenoxy) is 1. The summed E-state index contributed by atoms with van der Waals surface area (Å²) in [5.74, 6) is 1.68. The summed E-state index contributed by atoms with van der Waals surface area (Å²) >= 11 is 0. The minimum atomic E-state index is 0.161. The summed E-state index contributed by atoms with van der Waals surface area (Å²) in [6.07, 6.45) is 2.35. The molecule has 0 aromatic heterocycles. The molecule has 5 heteroatoms. The molecule has 0 bridgehead atoms. The number of aromatic hydroxyl groups is 1. The zero-order valence-corrected chi connectivity index (χ0v) is 14.9. The molecule has 0 aliphatic carbocycles. The molecule has 3 rings (SSSR count). The lowest BCUT2D eigenvalue weighted by atomic mass is 9.99. The first-order chi connectivity index (χ1) is 12.6. The van der Waals surface area contributed by atoms with Gasteiger partial charge in [0.15, 0.2) is 0 Å². The Hall–Kier alpha value is -2.53. The third kappa shape index (κ3) is 4.99. The number of rotatable bonds is 7. The van der Waals surface area contributed by atoms with Crippen LogP contribution in [0.3, 0.4) is 0 Å². The van der Waals surface area contributed by atoms with Crippen molar-refractivity contribution in [2.75, 3.05) is 26.2 Å². The van der Waals surface area contributed by atoms with Crippen molar-refractivity contribution in [2.45, 2.75) is 19.3 Å². The Balaban J connectivity index is 1.52. The van der Waals surface area contributed by atoms with E-state index in [1.54, 1.807) is 12.1 Å². The zero-order valence-electron chi connectivity index (χ0n) is 14.9. The Labute approximate surface area is 154 Å². The summed E-state index contributed by atoms with van der Waals surface area (Å²) in [6, 6.07) is 15.0. The van der Waals surface area contributed by atoms with Crippen LogP contribution in [0.15, 0.2) is 48.5 Å². The number of phenolic OH excluding ortho intramolecular Hbond substituents is 1. The minimum Gasteiger partial charge on any atom is -0.508 e. The van der Waals surface area contributed by atoms with E-state index in [0.717, 1.165) is 37.2 Å². The summed E-state index contributed by atoms with van der Waals surface area (Å²) in [7, 11) is 0. The van der Waals surface area contributed by atoms with Crippen molar-refractivity contribution < 1.29 is 14.6 Å². The van der Waals surface area contributed by atoms with E-state index < -0.39 is 0 Å². The number of amides is 1. The van der Waals surface area contributed by atoms with Gasteiger partial charge in [-0.2, -0.15) is 0 Å². The number of hydrogen-bond acceptors (Lipinski definition) is 4. The van der Waals surface area contributed by atoms with E-state index in [0.29, 0.717) is 25.5 Å². The molecule has 1 heterocycles. The largest absolute Gasteiger partial charge is 0.508 e. The molecule has 26 heavy (non-hydrogen) atoms. The highest BCUT2D eigenvalue weighted by Gasteiger charge is 2.26. The van der Waals surface area contributed by atoms with Gasteiger partial charge in [-0.3, -0.25) is 4.79 Å². The van der Waals surface area contributed by atoms with Crippen LogP contribution in [0.25, 0.3) is 0 Å². The normalized spacial score (nSPS) is 16.7. The summed E-state index contributed by atoms with van der Waals surface area (Å²) in [6.45, 7) is 2.55. The number of nitrogens with zero attached hydrogens (tertiary/aromatic N) is 1. The Kier molecular flexibility index (Phi) is 6.12. The molecule has 1 amide bonds. The molecule has 1 fully saturated rings. The van der Waals surface area contributed by atoms with Crippen molar-refractivity contribution in [2.24, 2.45) is 11.7 Å². The lowest BCUT2D eigenvalue weighted by molar-refractivity contribution is -0.129. The van der Waals surface area contributed by atoms with Crippen molar-refractivity contribution in [3.63, 3.8) is 0 Å². The maximum atomic E-state index is 12.6. The van der Waals surface area contributed by atoms with Crippen LogP contribution >= 0.6 is 0 Å². The number of phenols is 1. The van der Waals surface area contributed by atoms with Crippen molar-refractivity contribution in [3.05, 3.63) is 59.7 Å². The first kappa shape index (κ1) is 18.3. The molecule has 1 unspecified atom stereocenters. The molecule has 0 spiro atoms. The monoisotopic (exact) mass is 354 g/mol. The van der Waals surface area contributed by atoms with Crippen LogP contribution < -0.4 is 10.5 Å². The molecule has 5 nitrogen and oxygen atoms in total. The molecule has 1 atom stereocenters. The third-order valence-corrected chi connectivity index (χ3v) is 4.74. The van der Waals surface area contributed by atoms with Gasteiger partial charge in [-0.25, -0.2) is 0 Å². The van der Waals surface area contributed by atoms with Gasteiger partial charge in [-0.15, -0.1) is 0 Å². The number of nitrogens with two attached hydrogens (primary N) is 1. The second-order valence-corrected chi connectivity index (χ2v) is 6.83. The maximum absolute atomic E-state index is 12.6. The van der Waals surface area contributed by atoms with Crippen molar-refractivity contribution >= 4 is 5.91 Å². The van der Waals surface area contributed by atoms with Gasteiger partial charge in [-0.1, -0.05) is 24.3 Å². The molecule has 2 aromatic carbocycles. The lowest BCUT2D eigenvalue weighted by Gasteiger charge is -2.17. The fourth-order valence-electron chi connectivity index (χ4n) is 3.40. The molecule has 1 saturated heterocycles. The zero-order chi connectivity index (χ0) is 18.4. The summed E-state index contributed by atoms with van der Waals surface area (Å²) in [4.78, 5) is 14.6. The standard InChI is InChI=1S/C21H26N2O3/c22-9-11-26-20-3-1-2-17(13-20)14-21(25)23-10-8-18(15-23)12-16-4-6-19(24)7-5-16/h1-7,13,18,24H,8-12,14-15,22H2. The molecule has 2 aromatic rings. The minimum absolute atomic E-state index is 0.161. The van der Waals surface area contributed by atoms with E-state index in [1.165, 1.54) is 5.56 Å². The topological polar surface area (TPSA) is 75.8 Å². The van der Waals surface area contributed by atoms with E-state index in [-0.39, 0.29) is 11.7 Å². The van der Waals surface area contributed by atoms with Crippen LogP contribution in [0.2, 0.25) is 0 Å². The Morgan fingerprint density at radius 1 is 1.19 bits per heavy atom. The summed E-state index contributed by atoms with van der Waals surface area (Å²) in [5.41, 5.74) is 7.62. The van der Waals surface area contributed by atoms with Crippen LogP contribution in [-0.2, 0) is 17.6 Å². The molecule has 0 saturated carbocycles. The van der Waals surface area contributed by atoms with E-state index in [1.807, 2.05) is 41.3 Å². The number of carbonyl (C=O) groups is 1. The fraction of sp³-hybridized carbons (Fsp3) is 0.381. The molecule has 138 valence electrons. The average Bonchev–Trinajstić information content (AvgIpc) is 3.11. The van der Waals surface area contributed by atoms with E-state index in [2.05, 4.69) is 0 Å². The van der Waals surface area contributed by atoms with Crippen LogP contribution in [0.4, 0.5) is 0 Å². The van der Waals surface area contributed by atoms with E-state index in [4.69, 9.17) is 10.5 Å². The predicted molar refractivity (Wildman–Crippen MR) is 101 cm³/mol. The maximum Gasteiger partial charge on any atom is 0.227 e. The molecule has 1 aliphatic rings.